The zero-order valence-electron chi connectivity index (χ0n) is 17.2. The monoisotopic (exact) mass is 510 g/mol. The van der Waals surface area contributed by atoms with Crippen LogP contribution in [0.4, 0.5) is 35.9 Å². The second kappa shape index (κ2) is 9.49. The first-order valence-corrected chi connectivity index (χ1v) is 9.21. The Morgan fingerprint density at radius 2 is 1.08 bits per heavy atom. The lowest BCUT2D eigenvalue weighted by atomic mass is 10.1. The van der Waals surface area contributed by atoms with Crippen LogP contribution >= 0.6 is 0 Å². The molecular weight excluding hydrogens is 501 g/mol. The van der Waals surface area contributed by atoms with Gasteiger partial charge in [-0.3, -0.25) is 40.5 Å². The minimum atomic E-state index is -5.11. The van der Waals surface area contributed by atoms with Crippen molar-refractivity contribution in [1.82, 2.24) is 0 Å². The van der Waals surface area contributed by atoms with Crippen molar-refractivity contribution in [3.63, 3.8) is 0 Å². The van der Waals surface area contributed by atoms with Crippen molar-refractivity contribution < 1.29 is 42.3 Å². The van der Waals surface area contributed by atoms with Gasteiger partial charge in [0, 0.05) is 12.1 Å². The number of alkyl halides is 3. The Hall–Kier alpha value is -5.35. The molecule has 3 aromatic rings. The Kier molecular flexibility index (Phi) is 6.66. The van der Waals surface area contributed by atoms with Gasteiger partial charge in [-0.05, 0) is 24.3 Å². The summed E-state index contributed by atoms with van der Waals surface area (Å²) in [6.07, 6.45) is -5.11. The van der Waals surface area contributed by atoms with E-state index in [-0.39, 0.29) is 0 Å². The summed E-state index contributed by atoms with van der Waals surface area (Å²) in [5.41, 5.74) is -4.95. The van der Waals surface area contributed by atoms with Crippen molar-refractivity contribution in [2.45, 2.75) is 6.18 Å². The molecule has 0 saturated heterocycles. The molecule has 0 amide bonds. The highest BCUT2D eigenvalue weighted by atomic mass is 19.4. The molecule has 0 aliphatic rings. The summed E-state index contributed by atoms with van der Waals surface area (Å²) in [4.78, 5) is 40.4. The topological polar surface area (TPSA) is 191 Å². The third-order valence-electron chi connectivity index (χ3n) is 4.42. The summed E-state index contributed by atoms with van der Waals surface area (Å²) in [6.45, 7) is 0. The maximum atomic E-state index is 13.7. The van der Waals surface area contributed by atoms with E-state index in [1.54, 1.807) is 0 Å². The number of nitrogens with zero attached hydrogens (tertiary/aromatic N) is 4. The number of rotatable bonds is 8. The normalized spacial score (nSPS) is 11.0. The first-order chi connectivity index (χ1) is 16.8. The van der Waals surface area contributed by atoms with Crippen molar-refractivity contribution >= 4 is 22.7 Å². The van der Waals surface area contributed by atoms with E-state index in [2.05, 4.69) is 0 Å². The van der Waals surface area contributed by atoms with Crippen LogP contribution in [-0.4, -0.2) is 19.7 Å². The number of nitro groups is 4. The molecule has 0 unspecified atom stereocenters. The summed E-state index contributed by atoms with van der Waals surface area (Å²) in [5.74, 6) is -3.48. The average Bonchev–Trinajstić information content (AvgIpc) is 2.79. The largest absolute Gasteiger partial charge is 0.446 e. The fourth-order valence-corrected chi connectivity index (χ4v) is 2.85. The van der Waals surface area contributed by atoms with Crippen LogP contribution in [-0.2, 0) is 6.18 Å². The summed E-state index contributed by atoms with van der Waals surface area (Å²) in [5, 5.41) is 44.6. The molecule has 17 heteroatoms. The standard InChI is InChI=1S/C19H9F3N4O10/c20-19(21,22)12-2-1-3-17(35-15-6-4-10(23(27)28)8-13(15)25(31)32)18(12)36-16-7-5-11(24(29)30)9-14(16)26(33)34/h1-9H. The van der Waals surface area contributed by atoms with Crippen LogP contribution in [0.25, 0.3) is 0 Å². The van der Waals surface area contributed by atoms with Gasteiger partial charge in [0.25, 0.3) is 11.4 Å². The van der Waals surface area contributed by atoms with E-state index >= 15 is 0 Å². The number of non-ortho nitro benzene ring substituents is 2. The average molecular weight is 510 g/mol. The molecule has 0 N–H and O–H groups in total. The highest BCUT2D eigenvalue weighted by molar-refractivity contribution is 5.60. The van der Waals surface area contributed by atoms with E-state index in [0.717, 1.165) is 30.3 Å². The van der Waals surface area contributed by atoms with Crippen LogP contribution in [0.2, 0.25) is 0 Å². The van der Waals surface area contributed by atoms with Crippen molar-refractivity contribution in [2.75, 3.05) is 0 Å². The Bertz CT molecular complexity index is 1410. The number of benzene rings is 3. The SMILES string of the molecule is O=[N+]([O-])c1ccc(Oc2cccc(C(F)(F)F)c2Oc2ccc([N+](=O)[O-])cc2[N+](=O)[O-])c([N+](=O)[O-])c1. The van der Waals surface area contributed by atoms with E-state index < -0.39 is 77.2 Å². The van der Waals surface area contributed by atoms with Gasteiger partial charge in [-0.15, -0.1) is 0 Å². The van der Waals surface area contributed by atoms with Crippen molar-refractivity contribution in [3.8, 4) is 23.0 Å². The van der Waals surface area contributed by atoms with Crippen LogP contribution in [0, 0.1) is 40.5 Å². The van der Waals surface area contributed by atoms with Crippen LogP contribution in [0.5, 0.6) is 23.0 Å². The van der Waals surface area contributed by atoms with Crippen LogP contribution in [0.1, 0.15) is 5.56 Å². The first kappa shape index (κ1) is 25.3. The van der Waals surface area contributed by atoms with E-state index in [0.29, 0.717) is 24.3 Å². The fraction of sp³-hybridized carbons (Fsp3) is 0.0526. The van der Waals surface area contributed by atoms with Gasteiger partial charge >= 0.3 is 17.6 Å². The predicted molar refractivity (Wildman–Crippen MR) is 111 cm³/mol. The number of nitro benzene ring substituents is 4. The summed E-state index contributed by atoms with van der Waals surface area (Å²) in [6, 6.07) is 6.29. The summed E-state index contributed by atoms with van der Waals surface area (Å²) >= 11 is 0. The first-order valence-electron chi connectivity index (χ1n) is 9.21. The minimum Gasteiger partial charge on any atom is -0.446 e. The molecule has 0 heterocycles. The summed E-state index contributed by atoms with van der Waals surface area (Å²) in [7, 11) is 0. The van der Waals surface area contributed by atoms with Gasteiger partial charge in [-0.1, -0.05) is 6.07 Å². The third kappa shape index (κ3) is 5.24. The fourth-order valence-electron chi connectivity index (χ4n) is 2.85. The molecule has 0 radical (unpaired) electrons. The molecule has 186 valence electrons. The quantitative estimate of drug-likeness (QED) is 0.259. The van der Waals surface area contributed by atoms with Gasteiger partial charge in [-0.2, -0.15) is 13.2 Å². The maximum absolute atomic E-state index is 13.7. The maximum Gasteiger partial charge on any atom is 0.420 e. The zero-order chi connectivity index (χ0) is 26.8. The molecule has 14 nitrogen and oxygen atoms in total. The second-order valence-corrected chi connectivity index (χ2v) is 6.67. The molecule has 0 atom stereocenters. The van der Waals surface area contributed by atoms with Gasteiger partial charge in [0.2, 0.25) is 11.5 Å². The number of hydrogen-bond acceptors (Lipinski definition) is 10. The lowest BCUT2D eigenvalue weighted by Crippen LogP contribution is -2.08. The molecule has 0 aliphatic heterocycles. The molecule has 0 aromatic heterocycles. The van der Waals surface area contributed by atoms with Gasteiger partial charge < -0.3 is 9.47 Å². The number of para-hydroxylation sites is 1. The molecule has 0 bridgehead atoms. The van der Waals surface area contributed by atoms with Crippen molar-refractivity contribution in [1.29, 1.82) is 0 Å². The van der Waals surface area contributed by atoms with Crippen LogP contribution in [0.15, 0.2) is 54.6 Å². The van der Waals surface area contributed by atoms with Gasteiger partial charge in [0.15, 0.2) is 11.5 Å². The molecule has 0 spiro atoms. The zero-order valence-corrected chi connectivity index (χ0v) is 17.2. The second-order valence-electron chi connectivity index (χ2n) is 6.67. The Morgan fingerprint density at radius 3 is 1.50 bits per heavy atom. The van der Waals surface area contributed by atoms with E-state index in [9.17, 15) is 53.6 Å². The number of hydrogen-bond donors (Lipinski definition) is 0. The van der Waals surface area contributed by atoms with Crippen molar-refractivity contribution in [3.05, 3.63) is 101 Å². The molecule has 0 saturated carbocycles. The van der Waals surface area contributed by atoms with Crippen molar-refractivity contribution in [2.24, 2.45) is 0 Å². The minimum absolute atomic E-state index is 0.466. The highest BCUT2D eigenvalue weighted by Gasteiger charge is 2.37. The van der Waals surface area contributed by atoms with Gasteiger partial charge in [0.1, 0.15) is 5.56 Å². The highest BCUT2D eigenvalue weighted by Crippen LogP contribution is 2.47. The smallest absolute Gasteiger partial charge is 0.420 e. The van der Waals surface area contributed by atoms with Gasteiger partial charge in [-0.25, -0.2) is 0 Å². The Labute approximate surface area is 195 Å². The molecule has 3 aromatic carbocycles. The van der Waals surface area contributed by atoms with Crippen LogP contribution < -0.4 is 9.47 Å². The van der Waals surface area contributed by atoms with E-state index in [1.807, 2.05) is 0 Å². The van der Waals surface area contributed by atoms with Crippen LogP contribution in [0.3, 0.4) is 0 Å². The third-order valence-corrected chi connectivity index (χ3v) is 4.42. The lowest BCUT2D eigenvalue weighted by Gasteiger charge is -2.17. The Balaban J connectivity index is 2.18. The molecular formula is C19H9F3N4O10. The van der Waals surface area contributed by atoms with Gasteiger partial charge in [0.05, 0.1) is 31.8 Å². The molecule has 0 fully saturated rings. The molecule has 36 heavy (non-hydrogen) atoms. The number of ether oxygens (including phenoxy) is 2. The van der Waals surface area contributed by atoms with E-state index in [4.69, 9.17) is 9.47 Å². The number of halogens is 3. The molecule has 0 aliphatic carbocycles. The molecule has 3 rings (SSSR count). The van der Waals surface area contributed by atoms with E-state index in [1.165, 1.54) is 0 Å². The predicted octanol–water partition coefficient (Wildman–Crippen LogP) is 5.92. The summed E-state index contributed by atoms with van der Waals surface area (Å²) < 4.78 is 51.5. The lowest BCUT2D eigenvalue weighted by molar-refractivity contribution is -0.394. The Morgan fingerprint density at radius 1 is 0.611 bits per heavy atom.